The SMILES string of the molecule is CCOc1ccc(N2C(=O)CN=C2Nc2ccc(C)cc2)cc1.Cl. The second-order valence-electron chi connectivity index (χ2n) is 5.29. The average molecular weight is 346 g/mol. The van der Waals surface area contributed by atoms with Crippen LogP contribution in [0, 0.1) is 6.92 Å². The first-order chi connectivity index (χ1) is 11.2. The second-order valence-corrected chi connectivity index (χ2v) is 5.29. The first-order valence-electron chi connectivity index (χ1n) is 7.61. The van der Waals surface area contributed by atoms with Crippen LogP contribution in [0.2, 0.25) is 0 Å². The lowest BCUT2D eigenvalue weighted by Gasteiger charge is -2.20. The van der Waals surface area contributed by atoms with Crippen LogP contribution >= 0.6 is 12.4 Å². The van der Waals surface area contributed by atoms with E-state index in [-0.39, 0.29) is 24.9 Å². The van der Waals surface area contributed by atoms with Gasteiger partial charge in [0.2, 0.25) is 5.96 Å². The Morgan fingerprint density at radius 2 is 1.79 bits per heavy atom. The highest BCUT2D eigenvalue weighted by Gasteiger charge is 2.27. The molecule has 126 valence electrons. The first-order valence-corrected chi connectivity index (χ1v) is 7.61. The Balaban J connectivity index is 0.00000208. The lowest BCUT2D eigenvalue weighted by atomic mass is 10.2. The Hall–Kier alpha value is -2.53. The second kappa shape index (κ2) is 7.84. The molecule has 6 heteroatoms. The van der Waals surface area contributed by atoms with Crippen molar-refractivity contribution in [2.24, 2.45) is 4.99 Å². The van der Waals surface area contributed by atoms with E-state index in [4.69, 9.17) is 4.74 Å². The number of carbonyl (C=O) groups is 1. The zero-order valence-electron chi connectivity index (χ0n) is 13.7. The number of hydrogen-bond acceptors (Lipinski definition) is 4. The van der Waals surface area contributed by atoms with E-state index in [9.17, 15) is 4.79 Å². The summed E-state index contributed by atoms with van der Waals surface area (Å²) >= 11 is 0. The molecule has 0 spiro atoms. The van der Waals surface area contributed by atoms with Crippen molar-refractivity contribution in [3.63, 3.8) is 0 Å². The summed E-state index contributed by atoms with van der Waals surface area (Å²) in [5.41, 5.74) is 2.86. The van der Waals surface area contributed by atoms with Gasteiger partial charge in [-0.1, -0.05) is 17.7 Å². The molecule has 0 saturated heterocycles. The van der Waals surface area contributed by atoms with Gasteiger partial charge in [-0.05, 0) is 50.2 Å². The molecular weight excluding hydrogens is 326 g/mol. The molecule has 5 nitrogen and oxygen atoms in total. The number of amides is 1. The summed E-state index contributed by atoms with van der Waals surface area (Å²) in [4.78, 5) is 18.1. The maximum atomic E-state index is 12.2. The van der Waals surface area contributed by atoms with Crippen LogP contribution in [0.3, 0.4) is 0 Å². The van der Waals surface area contributed by atoms with E-state index in [2.05, 4.69) is 10.3 Å². The fourth-order valence-corrected chi connectivity index (χ4v) is 2.39. The summed E-state index contributed by atoms with van der Waals surface area (Å²) in [5.74, 6) is 1.28. The van der Waals surface area contributed by atoms with E-state index < -0.39 is 0 Å². The number of guanidine groups is 1. The molecule has 0 aromatic heterocycles. The van der Waals surface area contributed by atoms with E-state index in [0.29, 0.717) is 12.6 Å². The van der Waals surface area contributed by atoms with Crippen molar-refractivity contribution in [3.05, 3.63) is 54.1 Å². The molecule has 0 aliphatic carbocycles. The fourth-order valence-electron chi connectivity index (χ4n) is 2.39. The highest BCUT2D eigenvalue weighted by atomic mass is 35.5. The molecule has 1 amide bonds. The first kappa shape index (κ1) is 17.8. The number of aliphatic imine (C=N–C) groups is 1. The number of aryl methyl sites for hydroxylation is 1. The van der Waals surface area contributed by atoms with Gasteiger partial charge in [-0.15, -0.1) is 12.4 Å². The predicted molar refractivity (Wildman–Crippen MR) is 99.4 cm³/mol. The minimum atomic E-state index is -0.0521. The van der Waals surface area contributed by atoms with E-state index >= 15 is 0 Å². The van der Waals surface area contributed by atoms with Crippen molar-refractivity contribution in [2.75, 3.05) is 23.4 Å². The quantitative estimate of drug-likeness (QED) is 0.920. The van der Waals surface area contributed by atoms with Crippen molar-refractivity contribution in [1.82, 2.24) is 0 Å². The molecule has 2 aromatic carbocycles. The predicted octanol–water partition coefficient (Wildman–Crippen LogP) is 3.63. The topological polar surface area (TPSA) is 53.9 Å². The largest absolute Gasteiger partial charge is 0.494 e. The van der Waals surface area contributed by atoms with Gasteiger partial charge in [0.15, 0.2) is 0 Å². The van der Waals surface area contributed by atoms with Crippen molar-refractivity contribution >= 4 is 35.6 Å². The van der Waals surface area contributed by atoms with Gasteiger partial charge in [0, 0.05) is 5.69 Å². The van der Waals surface area contributed by atoms with Gasteiger partial charge in [0.1, 0.15) is 12.3 Å². The number of anilines is 2. The summed E-state index contributed by atoms with van der Waals surface area (Å²) in [5, 5.41) is 3.21. The molecule has 2 aromatic rings. The highest BCUT2D eigenvalue weighted by Crippen LogP contribution is 2.23. The highest BCUT2D eigenvalue weighted by molar-refractivity contribution is 6.24. The molecule has 0 bridgehead atoms. The third kappa shape index (κ3) is 3.86. The summed E-state index contributed by atoms with van der Waals surface area (Å²) in [6.45, 7) is 4.74. The van der Waals surface area contributed by atoms with Crippen molar-refractivity contribution in [2.45, 2.75) is 13.8 Å². The molecule has 0 atom stereocenters. The summed E-state index contributed by atoms with van der Waals surface area (Å²) in [6, 6.07) is 15.4. The number of halogens is 1. The third-order valence-electron chi connectivity index (χ3n) is 3.54. The van der Waals surface area contributed by atoms with Gasteiger partial charge >= 0.3 is 0 Å². The Labute approximate surface area is 147 Å². The lowest BCUT2D eigenvalue weighted by Crippen LogP contribution is -2.36. The molecule has 1 aliphatic rings. The van der Waals surface area contributed by atoms with Crippen LogP contribution in [0.15, 0.2) is 53.5 Å². The van der Waals surface area contributed by atoms with Crippen LogP contribution < -0.4 is 15.0 Å². The van der Waals surface area contributed by atoms with Crippen LogP contribution in [-0.2, 0) is 4.79 Å². The average Bonchev–Trinajstić information content (AvgIpc) is 2.91. The summed E-state index contributed by atoms with van der Waals surface area (Å²) < 4.78 is 5.43. The molecule has 24 heavy (non-hydrogen) atoms. The molecule has 0 saturated carbocycles. The number of ether oxygens (including phenoxy) is 1. The Kier molecular flexibility index (Phi) is 5.82. The van der Waals surface area contributed by atoms with E-state index in [1.54, 1.807) is 4.90 Å². The van der Waals surface area contributed by atoms with Crippen LogP contribution in [0.5, 0.6) is 5.75 Å². The monoisotopic (exact) mass is 345 g/mol. The normalized spacial score (nSPS) is 13.3. The molecule has 1 heterocycles. The number of hydrogen-bond donors (Lipinski definition) is 1. The van der Waals surface area contributed by atoms with Gasteiger partial charge in [-0.25, -0.2) is 9.89 Å². The van der Waals surface area contributed by atoms with Gasteiger partial charge in [0.25, 0.3) is 5.91 Å². The number of nitrogens with zero attached hydrogens (tertiary/aromatic N) is 2. The van der Waals surface area contributed by atoms with Gasteiger partial charge in [0.05, 0.1) is 12.3 Å². The molecule has 3 rings (SSSR count). The van der Waals surface area contributed by atoms with Crippen molar-refractivity contribution in [1.29, 1.82) is 0 Å². The molecule has 0 fully saturated rings. The van der Waals surface area contributed by atoms with E-state index in [1.807, 2.05) is 62.4 Å². The molecule has 1 N–H and O–H groups in total. The Morgan fingerprint density at radius 1 is 1.12 bits per heavy atom. The maximum absolute atomic E-state index is 12.2. The molecule has 1 aliphatic heterocycles. The maximum Gasteiger partial charge on any atom is 0.255 e. The van der Waals surface area contributed by atoms with Gasteiger partial charge in [-0.2, -0.15) is 0 Å². The zero-order valence-corrected chi connectivity index (χ0v) is 14.5. The van der Waals surface area contributed by atoms with Crippen molar-refractivity contribution < 1.29 is 9.53 Å². The number of benzene rings is 2. The Bertz CT molecular complexity index is 727. The molecule has 0 radical (unpaired) electrons. The third-order valence-corrected chi connectivity index (χ3v) is 3.54. The van der Waals surface area contributed by atoms with Crippen LogP contribution in [0.25, 0.3) is 0 Å². The van der Waals surface area contributed by atoms with Crippen LogP contribution in [0.4, 0.5) is 11.4 Å². The fraction of sp³-hybridized carbons (Fsp3) is 0.222. The summed E-state index contributed by atoms with van der Waals surface area (Å²) in [6.07, 6.45) is 0. The molecule has 0 unspecified atom stereocenters. The number of nitrogens with one attached hydrogen (secondary N) is 1. The van der Waals surface area contributed by atoms with E-state index in [0.717, 1.165) is 17.1 Å². The standard InChI is InChI=1S/C18H19N3O2.ClH/c1-3-23-16-10-8-15(9-11-16)21-17(22)12-19-18(21)20-14-6-4-13(2)5-7-14;/h4-11H,3,12H2,1-2H3,(H,19,20);1H. The van der Waals surface area contributed by atoms with E-state index in [1.165, 1.54) is 5.56 Å². The zero-order chi connectivity index (χ0) is 16.2. The van der Waals surface area contributed by atoms with Gasteiger partial charge < -0.3 is 10.1 Å². The summed E-state index contributed by atoms with van der Waals surface area (Å²) in [7, 11) is 0. The number of rotatable bonds is 4. The number of carbonyl (C=O) groups excluding carboxylic acids is 1. The van der Waals surface area contributed by atoms with Crippen LogP contribution in [-0.4, -0.2) is 25.0 Å². The minimum Gasteiger partial charge on any atom is -0.494 e. The smallest absolute Gasteiger partial charge is 0.255 e. The Morgan fingerprint density at radius 3 is 2.42 bits per heavy atom. The lowest BCUT2D eigenvalue weighted by molar-refractivity contribution is -0.115. The molecular formula is C18H20ClN3O2. The van der Waals surface area contributed by atoms with Crippen molar-refractivity contribution in [3.8, 4) is 5.75 Å². The van der Waals surface area contributed by atoms with Crippen LogP contribution in [0.1, 0.15) is 12.5 Å². The van der Waals surface area contributed by atoms with Gasteiger partial charge in [-0.3, -0.25) is 4.79 Å². The minimum absolute atomic E-state index is 0.